The Hall–Kier alpha value is -3.36. The summed E-state index contributed by atoms with van der Waals surface area (Å²) in [5.74, 6) is -0.495. The summed E-state index contributed by atoms with van der Waals surface area (Å²) in [7, 11) is 0. The zero-order valence-electron chi connectivity index (χ0n) is 20.0. The van der Waals surface area contributed by atoms with Gasteiger partial charge in [-0.15, -0.1) is 0 Å². The van der Waals surface area contributed by atoms with Crippen LogP contribution in [0.4, 0.5) is 13.2 Å². The number of benzene rings is 1. The lowest BCUT2D eigenvalue weighted by Gasteiger charge is -2.23. The summed E-state index contributed by atoms with van der Waals surface area (Å²) in [6.07, 6.45) is -1.17. The molecule has 2 aromatic heterocycles. The topological polar surface area (TPSA) is 64.4 Å². The third-order valence-electron chi connectivity index (χ3n) is 6.17. The molecule has 4 rings (SSSR count). The Kier molecular flexibility index (Phi) is 6.87. The van der Waals surface area contributed by atoms with E-state index < -0.39 is 17.7 Å². The number of hydrogen-bond acceptors (Lipinski definition) is 4. The average Bonchev–Trinajstić information content (AvgIpc) is 3.60. The molecule has 0 aliphatic heterocycles. The minimum absolute atomic E-state index is 0.0328. The van der Waals surface area contributed by atoms with E-state index in [0.29, 0.717) is 34.3 Å². The van der Waals surface area contributed by atoms with Gasteiger partial charge < -0.3 is 14.2 Å². The van der Waals surface area contributed by atoms with Crippen molar-refractivity contribution in [3.05, 3.63) is 53.3 Å². The van der Waals surface area contributed by atoms with Crippen LogP contribution in [0.2, 0.25) is 0 Å². The molecule has 1 saturated carbocycles. The second kappa shape index (κ2) is 9.71. The number of rotatable bonds is 8. The number of halogens is 3. The SMILES string of the molecule is CCOC(=O)Cn1cc(-c2ccc(C(F)(F)F)cc2CN(CC)C(=O)C2CC2)c2nc(C)ccc21. The maximum Gasteiger partial charge on any atom is 0.416 e. The smallest absolute Gasteiger partial charge is 0.416 e. The predicted molar refractivity (Wildman–Crippen MR) is 125 cm³/mol. The van der Waals surface area contributed by atoms with Gasteiger partial charge in [-0.05, 0) is 69.0 Å². The van der Waals surface area contributed by atoms with Crippen LogP contribution >= 0.6 is 0 Å². The van der Waals surface area contributed by atoms with E-state index in [4.69, 9.17) is 4.74 Å². The zero-order valence-corrected chi connectivity index (χ0v) is 20.0. The van der Waals surface area contributed by atoms with Crippen LogP contribution in [0.25, 0.3) is 22.2 Å². The van der Waals surface area contributed by atoms with Gasteiger partial charge in [0, 0.05) is 36.5 Å². The Balaban J connectivity index is 1.85. The quantitative estimate of drug-likeness (QED) is 0.402. The van der Waals surface area contributed by atoms with Gasteiger partial charge in [0.15, 0.2) is 0 Å². The number of fused-ring (bicyclic) bond motifs is 1. The summed E-state index contributed by atoms with van der Waals surface area (Å²) in [5.41, 5.74) is 2.75. The van der Waals surface area contributed by atoms with E-state index in [1.54, 1.807) is 22.6 Å². The third-order valence-corrected chi connectivity index (χ3v) is 6.17. The molecule has 0 bridgehead atoms. The molecule has 2 heterocycles. The molecule has 0 unspecified atom stereocenters. The van der Waals surface area contributed by atoms with E-state index in [-0.39, 0.29) is 31.5 Å². The van der Waals surface area contributed by atoms with Gasteiger partial charge in [0.05, 0.1) is 23.2 Å². The largest absolute Gasteiger partial charge is 0.465 e. The van der Waals surface area contributed by atoms with Crippen molar-refractivity contribution in [3.8, 4) is 11.1 Å². The fraction of sp³-hybridized carbons (Fsp3) is 0.423. The molecule has 0 atom stereocenters. The number of hydrogen-bond donors (Lipinski definition) is 0. The third kappa shape index (κ3) is 5.33. The van der Waals surface area contributed by atoms with E-state index in [1.165, 1.54) is 6.07 Å². The van der Waals surface area contributed by atoms with Crippen molar-refractivity contribution in [3.63, 3.8) is 0 Å². The second-order valence-corrected chi connectivity index (χ2v) is 8.79. The molecule has 35 heavy (non-hydrogen) atoms. The normalized spacial score (nSPS) is 13.8. The highest BCUT2D eigenvalue weighted by Crippen LogP contribution is 2.38. The predicted octanol–water partition coefficient (Wildman–Crippen LogP) is 5.35. The van der Waals surface area contributed by atoms with Gasteiger partial charge in [0.2, 0.25) is 5.91 Å². The van der Waals surface area contributed by atoms with E-state index in [0.717, 1.165) is 30.7 Å². The summed E-state index contributed by atoms with van der Waals surface area (Å²) in [4.78, 5) is 31.2. The van der Waals surface area contributed by atoms with E-state index >= 15 is 0 Å². The number of aryl methyl sites for hydroxylation is 1. The molecule has 1 amide bonds. The Morgan fingerprint density at radius 1 is 1.14 bits per heavy atom. The van der Waals surface area contributed by atoms with Gasteiger partial charge in [0.25, 0.3) is 0 Å². The van der Waals surface area contributed by atoms with Crippen molar-refractivity contribution < 1.29 is 27.5 Å². The average molecular weight is 488 g/mol. The second-order valence-electron chi connectivity index (χ2n) is 8.79. The Morgan fingerprint density at radius 3 is 2.51 bits per heavy atom. The monoisotopic (exact) mass is 487 g/mol. The molecule has 1 fully saturated rings. The van der Waals surface area contributed by atoms with Crippen LogP contribution in [0.1, 0.15) is 43.5 Å². The highest BCUT2D eigenvalue weighted by atomic mass is 19.4. The van der Waals surface area contributed by atoms with Crippen LogP contribution in [0, 0.1) is 12.8 Å². The first kappa shape index (κ1) is 24.8. The van der Waals surface area contributed by atoms with Crippen LogP contribution in [0.3, 0.4) is 0 Å². The number of carbonyl (C=O) groups excluding carboxylic acids is 2. The number of pyridine rings is 1. The summed E-state index contributed by atoms with van der Waals surface area (Å²) in [6, 6.07) is 7.24. The molecule has 0 spiro atoms. The number of aromatic nitrogens is 2. The van der Waals surface area contributed by atoms with Crippen LogP contribution in [0.15, 0.2) is 36.5 Å². The molecule has 3 aromatic rings. The van der Waals surface area contributed by atoms with Gasteiger partial charge in [-0.3, -0.25) is 14.6 Å². The van der Waals surface area contributed by atoms with E-state index in [2.05, 4.69) is 4.98 Å². The highest BCUT2D eigenvalue weighted by Gasteiger charge is 2.35. The van der Waals surface area contributed by atoms with Gasteiger partial charge in [-0.2, -0.15) is 13.2 Å². The van der Waals surface area contributed by atoms with Crippen LogP contribution in [-0.4, -0.2) is 39.5 Å². The van der Waals surface area contributed by atoms with Gasteiger partial charge in [-0.25, -0.2) is 0 Å². The number of ether oxygens (including phenoxy) is 1. The Bertz CT molecular complexity index is 1260. The molecule has 1 aromatic carbocycles. The first-order valence-electron chi connectivity index (χ1n) is 11.7. The number of amides is 1. The maximum absolute atomic E-state index is 13.6. The zero-order chi connectivity index (χ0) is 25.3. The van der Waals surface area contributed by atoms with E-state index in [1.807, 2.05) is 26.0 Å². The number of nitrogens with zero attached hydrogens (tertiary/aromatic N) is 3. The molecule has 186 valence electrons. The lowest BCUT2D eigenvalue weighted by atomic mass is 9.97. The minimum atomic E-state index is -4.52. The fourth-order valence-corrected chi connectivity index (χ4v) is 4.24. The van der Waals surface area contributed by atoms with Gasteiger partial charge >= 0.3 is 12.1 Å². The van der Waals surface area contributed by atoms with Crippen LogP contribution in [-0.2, 0) is 33.6 Å². The van der Waals surface area contributed by atoms with Crippen molar-refractivity contribution in [1.29, 1.82) is 0 Å². The van der Waals surface area contributed by atoms with Crippen molar-refractivity contribution in [2.75, 3.05) is 13.2 Å². The molecule has 0 radical (unpaired) electrons. The van der Waals surface area contributed by atoms with Crippen molar-refractivity contribution in [1.82, 2.24) is 14.5 Å². The van der Waals surface area contributed by atoms with E-state index in [9.17, 15) is 22.8 Å². The summed E-state index contributed by atoms with van der Waals surface area (Å²) < 4.78 is 47.6. The standard InChI is InChI=1S/C26H28F3N3O3/c1-4-31(25(34)17-7-8-17)13-18-12-19(26(27,28)29)9-10-20(18)21-14-32(15-23(33)35-5-2)22-11-6-16(3)30-24(21)22/h6,9-12,14,17H,4-5,7-8,13,15H2,1-3H3. The first-order chi connectivity index (χ1) is 16.6. The Morgan fingerprint density at radius 2 is 1.89 bits per heavy atom. The summed E-state index contributed by atoms with van der Waals surface area (Å²) in [6.45, 7) is 6.02. The molecule has 1 aliphatic carbocycles. The molecule has 0 N–H and O–H groups in total. The van der Waals surface area contributed by atoms with Crippen molar-refractivity contribution >= 4 is 22.9 Å². The molecule has 0 saturated heterocycles. The van der Waals surface area contributed by atoms with Crippen LogP contribution < -0.4 is 0 Å². The van der Waals surface area contributed by atoms with Crippen molar-refractivity contribution in [2.45, 2.75) is 52.9 Å². The molecule has 1 aliphatic rings. The maximum atomic E-state index is 13.6. The highest BCUT2D eigenvalue weighted by molar-refractivity contribution is 5.95. The van der Waals surface area contributed by atoms with Gasteiger partial charge in [0.1, 0.15) is 6.54 Å². The summed E-state index contributed by atoms with van der Waals surface area (Å²) in [5, 5.41) is 0. The lowest BCUT2D eigenvalue weighted by molar-refractivity contribution is -0.143. The van der Waals surface area contributed by atoms with Gasteiger partial charge in [-0.1, -0.05) is 6.07 Å². The summed E-state index contributed by atoms with van der Waals surface area (Å²) >= 11 is 0. The Labute approximate surface area is 201 Å². The molecule has 6 nitrogen and oxygen atoms in total. The fourth-order valence-electron chi connectivity index (χ4n) is 4.24. The molecular weight excluding hydrogens is 459 g/mol. The molecular formula is C26H28F3N3O3. The molecule has 9 heteroatoms. The number of esters is 1. The van der Waals surface area contributed by atoms with Crippen molar-refractivity contribution in [2.24, 2.45) is 5.92 Å². The number of carbonyl (C=O) groups is 2. The van der Waals surface area contributed by atoms with Crippen LogP contribution in [0.5, 0.6) is 0 Å². The number of alkyl halides is 3. The first-order valence-corrected chi connectivity index (χ1v) is 11.7. The minimum Gasteiger partial charge on any atom is -0.465 e. The lowest BCUT2D eigenvalue weighted by Crippen LogP contribution is -2.31.